The quantitative estimate of drug-likeness (QED) is 0.452. The second kappa shape index (κ2) is 11.6. The Kier molecular flexibility index (Phi) is 10.2. The average molecular weight is 435 g/mol. The topological polar surface area (TPSA) is 99.8 Å². The van der Waals surface area contributed by atoms with Gasteiger partial charge in [-0.3, -0.25) is 4.79 Å². The number of ether oxygens (including phenoxy) is 1. The maximum absolute atomic E-state index is 12.8. The van der Waals surface area contributed by atoms with Crippen molar-refractivity contribution < 1.29 is 17.9 Å². The van der Waals surface area contributed by atoms with Crippen LogP contribution in [0.15, 0.2) is 23.1 Å². The van der Waals surface area contributed by atoms with Gasteiger partial charge < -0.3 is 20.7 Å². The molecule has 1 aromatic carbocycles. The maximum atomic E-state index is 12.8. The lowest BCUT2D eigenvalue weighted by atomic mass is 10.0. The van der Waals surface area contributed by atoms with Gasteiger partial charge in [-0.1, -0.05) is 13.8 Å². The molecule has 10 heteroatoms. The Labute approximate surface area is 173 Å². The van der Waals surface area contributed by atoms with Crippen molar-refractivity contribution >= 4 is 34.0 Å². The van der Waals surface area contributed by atoms with Crippen molar-refractivity contribution in [3.63, 3.8) is 0 Å². The SMILES string of the molecule is CCN(CC)S(=O)(=O)c1ccc(NCCOC)c(C(=O)NCC2CNC2)c1.Cl. The van der Waals surface area contributed by atoms with Crippen molar-refractivity contribution in [1.29, 1.82) is 0 Å². The zero-order valence-electron chi connectivity index (χ0n) is 16.7. The van der Waals surface area contributed by atoms with E-state index in [0.717, 1.165) is 13.1 Å². The minimum atomic E-state index is -3.63. The number of hydrogen-bond donors (Lipinski definition) is 3. The van der Waals surface area contributed by atoms with E-state index in [2.05, 4.69) is 16.0 Å². The van der Waals surface area contributed by atoms with E-state index >= 15 is 0 Å². The number of amides is 1. The summed E-state index contributed by atoms with van der Waals surface area (Å²) in [5.74, 6) is 0.139. The molecule has 160 valence electrons. The molecule has 1 heterocycles. The second-order valence-electron chi connectivity index (χ2n) is 6.45. The summed E-state index contributed by atoms with van der Waals surface area (Å²) in [5, 5.41) is 9.21. The van der Waals surface area contributed by atoms with Gasteiger partial charge >= 0.3 is 0 Å². The molecule has 0 spiro atoms. The van der Waals surface area contributed by atoms with Crippen LogP contribution < -0.4 is 16.0 Å². The fourth-order valence-corrected chi connectivity index (χ4v) is 4.34. The molecule has 8 nitrogen and oxygen atoms in total. The van der Waals surface area contributed by atoms with Crippen LogP contribution >= 0.6 is 12.4 Å². The molecule has 0 aromatic heterocycles. The van der Waals surface area contributed by atoms with Crippen molar-refractivity contribution in [2.75, 3.05) is 58.3 Å². The number of carbonyl (C=O) groups excluding carboxylic acids is 1. The lowest BCUT2D eigenvalue weighted by Gasteiger charge is -2.27. The summed E-state index contributed by atoms with van der Waals surface area (Å²) in [6, 6.07) is 4.64. The van der Waals surface area contributed by atoms with Crippen LogP contribution in [0.25, 0.3) is 0 Å². The van der Waals surface area contributed by atoms with Crippen LogP contribution in [-0.4, -0.2) is 71.6 Å². The van der Waals surface area contributed by atoms with Crippen molar-refractivity contribution in [3.8, 4) is 0 Å². The summed E-state index contributed by atoms with van der Waals surface area (Å²) in [6.07, 6.45) is 0. The summed E-state index contributed by atoms with van der Waals surface area (Å²) in [5.41, 5.74) is 0.918. The Balaban J connectivity index is 0.00000392. The van der Waals surface area contributed by atoms with Crippen LogP contribution in [0.5, 0.6) is 0 Å². The van der Waals surface area contributed by atoms with Gasteiger partial charge in [-0.25, -0.2) is 8.42 Å². The van der Waals surface area contributed by atoms with E-state index in [1.165, 1.54) is 16.4 Å². The summed E-state index contributed by atoms with van der Waals surface area (Å²) in [4.78, 5) is 12.8. The third-order valence-electron chi connectivity index (χ3n) is 4.62. The zero-order valence-corrected chi connectivity index (χ0v) is 18.3. The molecule has 0 saturated carbocycles. The largest absolute Gasteiger partial charge is 0.383 e. The molecular formula is C18H31ClN4O4S. The lowest BCUT2D eigenvalue weighted by molar-refractivity contribution is 0.0942. The molecular weight excluding hydrogens is 404 g/mol. The first-order chi connectivity index (χ1) is 12.9. The molecule has 3 N–H and O–H groups in total. The third kappa shape index (κ3) is 6.05. The predicted octanol–water partition coefficient (Wildman–Crippen LogP) is 1.15. The lowest BCUT2D eigenvalue weighted by Crippen LogP contribution is -2.48. The Morgan fingerprint density at radius 1 is 1.29 bits per heavy atom. The van der Waals surface area contributed by atoms with Crippen LogP contribution in [0.3, 0.4) is 0 Å². The first kappa shape index (κ1) is 24.6. The van der Waals surface area contributed by atoms with Gasteiger partial charge in [0, 0.05) is 58.0 Å². The molecule has 0 aliphatic carbocycles. The highest BCUT2D eigenvalue weighted by Crippen LogP contribution is 2.23. The first-order valence-electron chi connectivity index (χ1n) is 9.29. The number of carbonyl (C=O) groups is 1. The Morgan fingerprint density at radius 3 is 2.50 bits per heavy atom. The van der Waals surface area contributed by atoms with Gasteiger partial charge in [0.2, 0.25) is 10.0 Å². The average Bonchev–Trinajstić information content (AvgIpc) is 2.61. The molecule has 0 radical (unpaired) electrons. The highest BCUT2D eigenvalue weighted by molar-refractivity contribution is 7.89. The molecule has 1 aromatic rings. The molecule has 1 aliphatic heterocycles. The van der Waals surface area contributed by atoms with Gasteiger partial charge in [0.25, 0.3) is 5.91 Å². The molecule has 0 atom stereocenters. The third-order valence-corrected chi connectivity index (χ3v) is 6.66. The number of sulfonamides is 1. The number of benzene rings is 1. The Morgan fingerprint density at radius 2 is 1.96 bits per heavy atom. The molecule has 1 fully saturated rings. The number of anilines is 1. The van der Waals surface area contributed by atoms with E-state index in [4.69, 9.17) is 4.74 Å². The van der Waals surface area contributed by atoms with Crippen LogP contribution in [0, 0.1) is 5.92 Å². The number of hydrogen-bond acceptors (Lipinski definition) is 6. The standard InChI is InChI=1S/C18H30N4O4S.ClH/c1-4-22(5-2)27(24,25)15-6-7-17(20-8-9-26-3)16(10-15)18(23)21-13-14-11-19-12-14;/h6-7,10,14,19-20H,4-5,8-9,11-13H2,1-3H3,(H,21,23);1H. The first-order valence-corrected chi connectivity index (χ1v) is 10.7. The Hall–Kier alpha value is -1.39. The normalized spacial score (nSPS) is 14.3. The number of methoxy groups -OCH3 is 1. The van der Waals surface area contributed by atoms with Crippen LogP contribution in [0.4, 0.5) is 5.69 Å². The predicted molar refractivity (Wildman–Crippen MR) is 113 cm³/mol. The summed E-state index contributed by atoms with van der Waals surface area (Å²) in [6.45, 7) is 7.68. The van der Waals surface area contributed by atoms with E-state index in [0.29, 0.717) is 50.0 Å². The van der Waals surface area contributed by atoms with E-state index < -0.39 is 10.0 Å². The number of nitrogens with one attached hydrogen (secondary N) is 3. The summed E-state index contributed by atoms with van der Waals surface area (Å²) < 4.78 is 32.0. The number of halogens is 1. The monoisotopic (exact) mass is 434 g/mol. The van der Waals surface area contributed by atoms with E-state index in [9.17, 15) is 13.2 Å². The van der Waals surface area contributed by atoms with Gasteiger partial charge in [0.1, 0.15) is 0 Å². The molecule has 2 rings (SSSR count). The van der Waals surface area contributed by atoms with Crippen molar-refractivity contribution in [1.82, 2.24) is 14.9 Å². The van der Waals surface area contributed by atoms with Gasteiger partial charge in [0.05, 0.1) is 17.1 Å². The minimum absolute atomic E-state index is 0. The minimum Gasteiger partial charge on any atom is -0.383 e. The Bertz CT molecular complexity index is 737. The van der Waals surface area contributed by atoms with E-state index in [1.807, 2.05) is 0 Å². The highest BCUT2D eigenvalue weighted by Gasteiger charge is 2.25. The van der Waals surface area contributed by atoms with Crippen molar-refractivity contribution in [3.05, 3.63) is 23.8 Å². The molecule has 1 aliphatic rings. The summed E-state index contributed by atoms with van der Waals surface area (Å²) in [7, 11) is -2.03. The molecule has 0 unspecified atom stereocenters. The van der Waals surface area contributed by atoms with Crippen molar-refractivity contribution in [2.24, 2.45) is 5.92 Å². The highest BCUT2D eigenvalue weighted by atomic mass is 35.5. The van der Waals surface area contributed by atoms with E-state index in [-0.39, 0.29) is 23.2 Å². The maximum Gasteiger partial charge on any atom is 0.253 e. The fraction of sp³-hybridized carbons (Fsp3) is 0.611. The molecule has 1 amide bonds. The number of rotatable bonds is 11. The van der Waals surface area contributed by atoms with Gasteiger partial charge in [-0.15, -0.1) is 12.4 Å². The smallest absolute Gasteiger partial charge is 0.253 e. The second-order valence-corrected chi connectivity index (χ2v) is 8.39. The van der Waals surface area contributed by atoms with Gasteiger partial charge in [-0.2, -0.15) is 4.31 Å². The van der Waals surface area contributed by atoms with E-state index in [1.54, 1.807) is 27.0 Å². The molecule has 28 heavy (non-hydrogen) atoms. The van der Waals surface area contributed by atoms with Crippen LogP contribution in [-0.2, 0) is 14.8 Å². The number of nitrogens with zero attached hydrogens (tertiary/aromatic N) is 1. The summed E-state index contributed by atoms with van der Waals surface area (Å²) >= 11 is 0. The van der Waals surface area contributed by atoms with Gasteiger partial charge in [-0.05, 0) is 18.2 Å². The van der Waals surface area contributed by atoms with Crippen molar-refractivity contribution in [2.45, 2.75) is 18.7 Å². The fourth-order valence-electron chi connectivity index (χ4n) is 2.85. The molecule has 1 saturated heterocycles. The van der Waals surface area contributed by atoms with Crippen LogP contribution in [0.1, 0.15) is 24.2 Å². The molecule has 0 bridgehead atoms. The zero-order chi connectivity index (χ0) is 19.9. The van der Waals surface area contributed by atoms with Gasteiger partial charge in [0.15, 0.2) is 0 Å². The van der Waals surface area contributed by atoms with Crippen LogP contribution in [0.2, 0.25) is 0 Å².